The molecule has 0 aliphatic carbocycles. The molecule has 0 heterocycles. The van der Waals surface area contributed by atoms with Gasteiger partial charge in [-0.2, -0.15) is 0 Å². The fourth-order valence-electron chi connectivity index (χ4n) is 2.71. The minimum Gasteiger partial charge on any atom is -0.348 e. The third kappa shape index (κ3) is 7.60. The van der Waals surface area contributed by atoms with Gasteiger partial charge in [-0.05, 0) is 59.3 Å². The highest BCUT2D eigenvalue weighted by atomic mass is 16.2. The summed E-state index contributed by atoms with van der Waals surface area (Å²) < 4.78 is 0. The smallest absolute Gasteiger partial charge is 0.238 e. The van der Waals surface area contributed by atoms with Gasteiger partial charge in [0.05, 0.1) is 19.1 Å². The lowest BCUT2D eigenvalue weighted by Crippen LogP contribution is -2.41. The highest BCUT2D eigenvalue weighted by Crippen LogP contribution is 2.28. The third-order valence-corrected chi connectivity index (χ3v) is 5.10. The predicted molar refractivity (Wildman–Crippen MR) is 116 cm³/mol. The van der Waals surface area contributed by atoms with Crippen LogP contribution in [0.5, 0.6) is 0 Å². The van der Waals surface area contributed by atoms with Gasteiger partial charge in [0.25, 0.3) is 0 Å². The molecule has 0 aliphatic rings. The summed E-state index contributed by atoms with van der Waals surface area (Å²) in [5.41, 5.74) is 1.68. The van der Waals surface area contributed by atoms with Crippen LogP contribution >= 0.6 is 0 Å². The van der Waals surface area contributed by atoms with Crippen molar-refractivity contribution in [1.29, 1.82) is 0 Å². The van der Waals surface area contributed by atoms with Crippen LogP contribution in [0.1, 0.15) is 53.1 Å². The van der Waals surface area contributed by atoms with Crippen molar-refractivity contribution < 1.29 is 9.59 Å². The Bertz CT molecular complexity index is 643. The van der Waals surface area contributed by atoms with E-state index in [1.165, 1.54) is 0 Å². The van der Waals surface area contributed by atoms with E-state index < -0.39 is 0 Å². The molecule has 0 aromatic heterocycles. The first kappa shape index (κ1) is 24.1. The minimum atomic E-state index is -0.174. The molecule has 0 radical (unpaired) electrons. The number of para-hydroxylation sites is 1. The number of rotatable bonds is 10. The Morgan fingerprint density at radius 1 is 0.857 bits per heavy atom. The van der Waals surface area contributed by atoms with E-state index in [1.54, 1.807) is 0 Å². The maximum Gasteiger partial charge on any atom is 0.238 e. The summed E-state index contributed by atoms with van der Waals surface area (Å²) in [6.07, 6.45) is 0. The van der Waals surface area contributed by atoms with Gasteiger partial charge in [0.2, 0.25) is 11.8 Å². The number of carbonyl (C=O) groups is 2. The number of amides is 2. The van der Waals surface area contributed by atoms with Gasteiger partial charge in [0.15, 0.2) is 0 Å². The number of benzene rings is 1. The van der Waals surface area contributed by atoms with Crippen LogP contribution in [0.15, 0.2) is 24.3 Å². The molecule has 2 amide bonds. The second-order valence-corrected chi connectivity index (χ2v) is 8.44. The van der Waals surface area contributed by atoms with Gasteiger partial charge < -0.3 is 10.6 Å². The first-order chi connectivity index (χ1) is 13.0. The molecule has 0 unspecified atom stereocenters. The normalized spacial score (nSPS) is 12.9. The van der Waals surface area contributed by atoms with E-state index in [0.717, 1.165) is 11.3 Å². The molecule has 0 aliphatic heterocycles. The maximum atomic E-state index is 12.6. The molecule has 1 rings (SSSR count). The van der Waals surface area contributed by atoms with Crippen molar-refractivity contribution in [2.24, 2.45) is 5.92 Å². The summed E-state index contributed by atoms with van der Waals surface area (Å²) >= 11 is 0. The van der Waals surface area contributed by atoms with Gasteiger partial charge in [-0.25, -0.2) is 0 Å². The fourth-order valence-corrected chi connectivity index (χ4v) is 2.71. The molecule has 1 aromatic carbocycles. The lowest BCUT2D eigenvalue weighted by atomic mass is 9.94. The third-order valence-electron chi connectivity index (χ3n) is 5.10. The molecule has 1 atom stereocenters. The molecule has 0 fully saturated rings. The zero-order chi connectivity index (χ0) is 21.4. The van der Waals surface area contributed by atoms with E-state index in [0.29, 0.717) is 25.2 Å². The molecule has 0 bridgehead atoms. The highest BCUT2D eigenvalue weighted by Gasteiger charge is 2.23. The van der Waals surface area contributed by atoms with Crippen molar-refractivity contribution in [2.75, 3.05) is 32.5 Å². The summed E-state index contributed by atoms with van der Waals surface area (Å²) in [7, 11) is 3.87. The SMILES string of the molecule is CC(C)[C@H](NC(=O)CN(C)C(C)C)c1ccccc1NC(=O)CN(C)C(C)C. The van der Waals surface area contributed by atoms with E-state index in [9.17, 15) is 9.59 Å². The number of hydrogen-bond acceptors (Lipinski definition) is 4. The predicted octanol–water partition coefficient (Wildman–Crippen LogP) is 3.12. The molecule has 0 saturated carbocycles. The number of anilines is 1. The van der Waals surface area contributed by atoms with Crippen LogP contribution in [0.4, 0.5) is 5.69 Å². The van der Waals surface area contributed by atoms with E-state index in [1.807, 2.05) is 48.2 Å². The van der Waals surface area contributed by atoms with E-state index in [-0.39, 0.29) is 23.8 Å². The van der Waals surface area contributed by atoms with Crippen molar-refractivity contribution in [3.05, 3.63) is 29.8 Å². The molecule has 158 valence electrons. The average molecular weight is 391 g/mol. The minimum absolute atomic E-state index is 0.0180. The summed E-state index contributed by atoms with van der Waals surface area (Å²) in [5.74, 6) is 0.109. The van der Waals surface area contributed by atoms with Crippen LogP contribution in [-0.2, 0) is 9.59 Å². The monoisotopic (exact) mass is 390 g/mol. The van der Waals surface area contributed by atoms with Crippen molar-refractivity contribution in [3.63, 3.8) is 0 Å². The van der Waals surface area contributed by atoms with E-state index in [4.69, 9.17) is 0 Å². The van der Waals surface area contributed by atoms with Gasteiger partial charge >= 0.3 is 0 Å². The van der Waals surface area contributed by atoms with E-state index >= 15 is 0 Å². The van der Waals surface area contributed by atoms with Gasteiger partial charge in [0, 0.05) is 17.8 Å². The Kier molecular flexibility index (Phi) is 9.62. The molecule has 0 saturated heterocycles. The summed E-state index contributed by atoms with van der Waals surface area (Å²) in [4.78, 5) is 29.0. The van der Waals surface area contributed by atoms with Crippen LogP contribution in [0.2, 0.25) is 0 Å². The van der Waals surface area contributed by atoms with Gasteiger partial charge in [-0.3, -0.25) is 19.4 Å². The largest absolute Gasteiger partial charge is 0.348 e. The number of nitrogens with zero attached hydrogens (tertiary/aromatic N) is 2. The van der Waals surface area contributed by atoms with Crippen molar-refractivity contribution in [1.82, 2.24) is 15.1 Å². The lowest BCUT2D eigenvalue weighted by Gasteiger charge is -2.28. The van der Waals surface area contributed by atoms with Crippen LogP contribution in [0.25, 0.3) is 0 Å². The van der Waals surface area contributed by atoms with E-state index in [2.05, 4.69) is 52.2 Å². The Labute approximate surface area is 170 Å². The second kappa shape index (κ2) is 11.2. The molecule has 6 nitrogen and oxygen atoms in total. The number of hydrogen-bond donors (Lipinski definition) is 2. The zero-order valence-electron chi connectivity index (χ0n) is 18.7. The summed E-state index contributed by atoms with van der Waals surface area (Å²) in [6.45, 7) is 13.0. The summed E-state index contributed by atoms with van der Waals surface area (Å²) in [6, 6.07) is 8.12. The van der Waals surface area contributed by atoms with Crippen molar-refractivity contribution >= 4 is 17.5 Å². The summed E-state index contributed by atoms with van der Waals surface area (Å²) in [5, 5.41) is 6.17. The Morgan fingerprint density at radius 2 is 1.36 bits per heavy atom. The average Bonchev–Trinajstić information content (AvgIpc) is 2.59. The highest BCUT2D eigenvalue weighted by molar-refractivity contribution is 5.93. The molecule has 1 aromatic rings. The Balaban J connectivity index is 2.95. The number of likely N-dealkylation sites (N-methyl/N-ethyl adjacent to an activating group) is 2. The van der Waals surface area contributed by atoms with Crippen LogP contribution in [0, 0.1) is 5.92 Å². The van der Waals surface area contributed by atoms with Gasteiger partial charge in [-0.15, -0.1) is 0 Å². The van der Waals surface area contributed by atoms with Gasteiger partial charge in [-0.1, -0.05) is 32.0 Å². The van der Waals surface area contributed by atoms with Crippen molar-refractivity contribution in [2.45, 2.75) is 59.7 Å². The number of carbonyl (C=O) groups excluding carboxylic acids is 2. The first-order valence-electron chi connectivity index (χ1n) is 10.1. The molecule has 0 spiro atoms. The first-order valence-corrected chi connectivity index (χ1v) is 10.1. The second-order valence-electron chi connectivity index (χ2n) is 8.44. The molecular formula is C22H38N4O2. The standard InChI is InChI=1S/C22H38N4O2/c1-15(2)22(24-21(28)14-26(8)17(5)6)18-11-9-10-12-19(18)23-20(27)13-25(7)16(3)4/h9-12,15-17,22H,13-14H2,1-8H3,(H,23,27)(H,24,28)/t22-/m0/s1. The number of nitrogens with one attached hydrogen (secondary N) is 2. The van der Waals surface area contributed by atoms with Crippen LogP contribution in [0.3, 0.4) is 0 Å². The maximum absolute atomic E-state index is 12.6. The van der Waals surface area contributed by atoms with Crippen LogP contribution < -0.4 is 10.6 Å². The molecule has 2 N–H and O–H groups in total. The Morgan fingerprint density at radius 3 is 1.86 bits per heavy atom. The quantitative estimate of drug-likeness (QED) is 0.644. The van der Waals surface area contributed by atoms with Gasteiger partial charge in [0.1, 0.15) is 0 Å². The topological polar surface area (TPSA) is 64.7 Å². The van der Waals surface area contributed by atoms with Crippen LogP contribution in [-0.4, -0.2) is 60.9 Å². The van der Waals surface area contributed by atoms with Crippen molar-refractivity contribution in [3.8, 4) is 0 Å². The Hall–Kier alpha value is -1.92. The molecular weight excluding hydrogens is 352 g/mol. The lowest BCUT2D eigenvalue weighted by molar-refractivity contribution is -0.123. The fraction of sp³-hybridized carbons (Fsp3) is 0.636. The molecule has 6 heteroatoms. The molecule has 28 heavy (non-hydrogen) atoms. The zero-order valence-corrected chi connectivity index (χ0v) is 18.7.